The number of aromatic nitrogens is 2. The number of furan rings is 2. The lowest BCUT2D eigenvalue weighted by molar-refractivity contribution is -0.130. The molecule has 1 aliphatic rings. The Balaban J connectivity index is 1.53. The molecule has 27 heavy (non-hydrogen) atoms. The summed E-state index contributed by atoms with van der Waals surface area (Å²) in [6, 6.07) is 8.61. The second-order valence-electron chi connectivity index (χ2n) is 6.00. The van der Waals surface area contributed by atoms with Gasteiger partial charge in [0.15, 0.2) is 5.16 Å². The zero-order chi connectivity index (χ0) is 18.8. The van der Waals surface area contributed by atoms with Gasteiger partial charge in [-0.25, -0.2) is 15.0 Å². The molecule has 9 heteroatoms. The molecular weight excluding hydrogens is 366 g/mol. The number of aryl methyl sites for hydroxylation is 1. The number of rotatable bonds is 5. The number of hydrazone groups is 1. The maximum absolute atomic E-state index is 12.8. The second kappa shape index (κ2) is 7.28. The molecule has 0 aromatic carbocycles. The van der Waals surface area contributed by atoms with Gasteiger partial charge in [-0.3, -0.25) is 4.79 Å². The number of hydrogen-bond acceptors (Lipinski definition) is 8. The Kier molecular flexibility index (Phi) is 4.68. The molecule has 3 aromatic heterocycles. The second-order valence-corrected chi connectivity index (χ2v) is 6.95. The fourth-order valence-electron chi connectivity index (χ4n) is 2.86. The highest BCUT2D eigenvalue weighted by Crippen LogP contribution is 2.33. The summed E-state index contributed by atoms with van der Waals surface area (Å²) in [6.07, 6.45) is 3.69. The van der Waals surface area contributed by atoms with Crippen LogP contribution in [0.25, 0.3) is 0 Å². The van der Waals surface area contributed by atoms with Crippen LogP contribution in [0.2, 0.25) is 0 Å². The summed E-state index contributed by atoms with van der Waals surface area (Å²) < 4.78 is 10.9. The Hall–Kier alpha value is -3.07. The average Bonchev–Trinajstić information content (AvgIpc) is 3.39. The SMILES string of the molecule is Cc1cc(N)nc(SCC(=O)N2N=C(c3ccco3)CC2c2ccco2)n1. The maximum atomic E-state index is 12.8. The van der Waals surface area contributed by atoms with E-state index >= 15 is 0 Å². The summed E-state index contributed by atoms with van der Waals surface area (Å²) in [7, 11) is 0. The van der Waals surface area contributed by atoms with Crippen molar-refractivity contribution < 1.29 is 13.6 Å². The van der Waals surface area contributed by atoms with Crippen LogP contribution in [-0.2, 0) is 4.79 Å². The first-order valence-corrected chi connectivity index (χ1v) is 9.29. The van der Waals surface area contributed by atoms with Gasteiger partial charge in [-0.05, 0) is 31.2 Å². The van der Waals surface area contributed by atoms with E-state index in [-0.39, 0.29) is 17.7 Å². The lowest BCUT2D eigenvalue weighted by Gasteiger charge is -2.19. The van der Waals surface area contributed by atoms with E-state index in [1.54, 1.807) is 30.7 Å². The molecule has 1 aliphatic heterocycles. The zero-order valence-electron chi connectivity index (χ0n) is 14.5. The van der Waals surface area contributed by atoms with Crippen LogP contribution in [-0.4, -0.2) is 32.3 Å². The van der Waals surface area contributed by atoms with Gasteiger partial charge >= 0.3 is 0 Å². The van der Waals surface area contributed by atoms with Crippen molar-refractivity contribution in [3.8, 4) is 0 Å². The number of carbonyl (C=O) groups is 1. The number of nitrogen functional groups attached to an aromatic ring is 1. The van der Waals surface area contributed by atoms with Crippen LogP contribution < -0.4 is 5.73 Å². The molecule has 1 atom stereocenters. The minimum atomic E-state index is -0.309. The third kappa shape index (κ3) is 3.72. The van der Waals surface area contributed by atoms with Crippen molar-refractivity contribution in [1.82, 2.24) is 15.0 Å². The predicted octanol–water partition coefficient (Wildman–Crippen LogP) is 3.02. The van der Waals surface area contributed by atoms with E-state index < -0.39 is 0 Å². The van der Waals surface area contributed by atoms with Crippen molar-refractivity contribution in [2.75, 3.05) is 11.5 Å². The quantitative estimate of drug-likeness (QED) is 0.532. The van der Waals surface area contributed by atoms with Crippen molar-refractivity contribution >= 4 is 29.2 Å². The first-order valence-electron chi connectivity index (χ1n) is 8.31. The van der Waals surface area contributed by atoms with E-state index in [1.165, 1.54) is 16.8 Å². The lowest BCUT2D eigenvalue weighted by atomic mass is 10.1. The molecule has 0 fully saturated rings. The topological polar surface area (TPSA) is 111 Å². The van der Waals surface area contributed by atoms with Crippen LogP contribution >= 0.6 is 11.8 Å². The summed E-state index contributed by atoms with van der Waals surface area (Å²) in [5.41, 5.74) is 7.20. The number of thioether (sulfide) groups is 1. The summed E-state index contributed by atoms with van der Waals surface area (Å²) in [6.45, 7) is 1.83. The summed E-state index contributed by atoms with van der Waals surface area (Å²) in [5, 5.41) is 6.39. The van der Waals surface area contributed by atoms with E-state index in [0.29, 0.717) is 34.6 Å². The highest BCUT2D eigenvalue weighted by Gasteiger charge is 2.35. The third-order valence-corrected chi connectivity index (χ3v) is 4.85. The number of amides is 1. The highest BCUT2D eigenvalue weighted by molar-refractivity contribution is 7.99. The Morgan fingerprint density at radius 1 is 1.30 bits per heavy atom. The molecule has 1 unspecified atom stereocenters. The molecule has 3 aromatic rings. The molecule has 0 saturated carbocycles. The van der Waals surface area contributed by atoms with Gasteiger partial charge in [0.1, 0.15) is 29.1 Å². The Morgan fingerprint density at radius 3 is 2.81 bits per heavy atom. The van der Waals surface area contributed by atoms with Gasteiger partial charge in [0.25, 0.3) is 5.91 Å². The molecule has 1 amide bonds. The predicted molar refractivity (Wildman–Crippen MR) is 100 cm³/mol. The van der Waals surface area contributed by atoms with Gasteiger partial charge in [-0.15, -0.1) is 0 Å². The number of anilines is 1. The van der Waals surface area contributed by atoms with Crippen LogP contribution in [0.4, 0.5) is 5.82 Å². The van der Waals surface area contributed by atoms with Gasteiger partial charge < -0.3 is 14.6 Å². The normalized spacial score (nSPS) is 16.6. The zero-order valence-corrected chi connectivity index (χ0v) is 15.3. The molecule has 0 bridgehead atoms. The first kappa shape index (κ1) is 17.3. The molecule has 0 aliphatic carbocycles. The molecule has 4 rings (SSSR count). The minimum Gasteiger partial charge on any atom is -0.467 e. The summed E-state index contributed by atoms with van der Waals surface area (Å²) >= 11 is 1.22. The van der Waals surface area contributed by atoms with Crippen molar-refractivity contribution in [3.05, 3.63) is 60.1 Å². The van der Waals surface area contributed by atoms with Gasteiger partial charge in [-0.1, -0.05) is 11.8 Å². The van der Waals surface area contributed by atoms with Crippen LogP contribution in [0.3, 0.4) is 0 Å². The molecule has 8 nitrogen and oxygen atoms in total. The van der Waals surface area contributed by atoms with E-state index in [2.05, 4.69) is 15.1 Å². The van der Waals surface area contributed by atoms with Crippen molar-refractivity contribution in [2.24, 2.45) is 5.10 Å². The fraction of sp³-hybridized carbons (Fsp3) is 0.222. The largest absolute Gasteiger partial charge is 0.467 e. The molecular formula is C18H17N5O3S. The molecule has 0 saturated heterocycles. The highest BCUT2D eigenvalue weighted by atomic mass is 32.2. The third-order valence-electron chi connectivity index (χ3n) is 4.02. The van der Waals surface area contributed by atoms with Gasteiger partial charge in [0.05, 0.1) is 18.3 Å². The molecule has 2 N–H and O–H groups in total. The molecule has 4 heterocycles. The van der Waals surface area contributed by atoms with E-state index in [0.717, 1.165) is 5.69 Å². The Morgan fingerprint density at radius 2 is 2.11 bits per heavy atom. The van der Waals surface area contributed by atoms with Crippen molar-refractivity contribution in [3.63, 3.8) is 0 Å². The van der Waals surface area contributed by atoms with Crippen LogP contribution in [0.15, 0.2) is 62.0 Å². The standard InChI is InChI=1S/C18H17N5O3S/c1-11-8-16(19)21-18(20-11)27-10-17(24)23-13(15-5-3-7-26-15)9-12(22-23)14-4-2-6-25-14/h2-8,13H,9-10H2,1H3,(H2,19,20,21). The van der Waals surface area contributed by atoms with Gasteiger partial charge in [0.2, 0.25) is 0 Å². The smallest absolute Gasteiger partial charge is 0.253 e. The van der Waals surface area contributed by atoms with Crippen molar-refractivity contribution in [2.45, 2.75) is 24.5 Å². The summed E-state index contributed by atoms with van der Waals surface area (Å²) in [5.74, 6) is 1.66. The van der Waals surface area contributed by atoms with E-state index in [4.69, 9.17) is 14.6 Å². The van der Waals surface area contributed by atoms with Gasteiger partial charge in [0, 0.05) is 18.2 Å². The minimum absolute atomic E-state index is 0.134. The fourth-order valence-corrected chi connectivity index (χ4v) is 3.62. The average molecular weight is 383 g/mol. The lowest BCUT2D eigenvalue weighted by Crippen LogP contribution is -2.28. The number of hydrogen-bond donors (Lipinski definition) is 1. The van der Waals surface area contributed by atoms with Crippen molar-refractivity contribution in [1.29, 1.82) is 0 Å². The van der Waals surface area contributed by atoms with Crippen LogP contribution in [0, 0.1) is 6.92 Å². The molecule has 0 spiro atoms. The number of nitrogens with zero attached hydrogens (tertiary/aromatic N) is 4. The van der Waals surface area contributed by atoms with E-state index in [9.17, 15) is 4.79 Å². The summed E-state index contributed by atoms with van der Waals surface area (Å²) in [4.78, 5) is 21.3. The van der Waals surface area contributed by atoms with Gasteiger partial charge in [-0.2, -0.15) is 5.10 Å². The van der Waals surface area contributed by atoms with E-state index in [1.807, 2.05) is 19.1 Å². The number of nitrogens with two attached hydrogens (primary N) is 1. The maximum Gasteiger partial charge on any atom is 0.253 e. The van der Waals surface area contributed by atoms with Crippen LogP contribution in [0.5, 0.6) is 0 Å². The monoisotopic (exact) mass is 383 g/mol. The Labute approximate surface area is 159 Å². The Bertz CT molecular complexity index is 949. The van der Waals surface area contributed by atoms with Crippen LogP contribution in [0.1, 0.15) is 29.7 Å². The molecule has 138 valence electrons. The number of carbonyl (C=O) groups excluding carboxylic acids is 1. The molecule has 0 radical (unpaired) electrons. The first-order chi connectivity index (χ1) is 13.1.